The van der Waals surface area contributed by atoms with Gasteiger partial charge < -0.3 is 15.7 Å². The maximum atomic E-state index is 11.7. The smallest absolute Gasteiger partial charge is 0.272 e. The number of oxime groups is 1. The van der Waals surface area contributed by atoms with E-state index in [1.807, 2.05) is 0 Å². The van der Waals surface area contributed by atoms with Gasteiger partial charge in [0.2, 0.25) is 5.88 Å². The Morgan fingerprint density at radius 3 is 2.73 bits per heavy atom. The van der Waals surface area contributed by atoms with Crippen molar-refractivity contribution in [3.63, 3.8) is 0 Å². The standard InChI is InChI=1S/C7H8F2N4O2/c8-5(9)3-15-6-2-11-4(1-12-6)7(10)13-14/h1-2,5,14H,3H2,(H2,10,13). The molecular formula is C7H8F2N4O2. The fourth-order valence-electron chi connectivity index (χ4n) is 0.723. The van der Waals surface area contributed by atoms with Crippen molar-refractivity contribution in [3.8, 4) is 5.88 Å². The van der Waals surface area contributed by atoms with Crippen LogP contribution in [-0.2, 0) is 0 Å². The highest BCUT2D eigenvalue weighted by Crippen LogP contribution is 2.05. The molecule has 1 aromatic heterocycles. The summed E-state index contributed by atoms with van der Waals surface area (Å²) in [5.41, 5.74) is 5.33. The lowest BCUT2D eigenvalue weighted by atomic mass is 10.4. The molecule has 0 fully saturated rings. The zero-order valence-electron chi connectivity index (χ0n) is 7.47. The van der Waals surface area contributed by atoms with E-state index >= 15 is 0 Å². The van der Waals surface area contributed by atoms with Gasteiger partial charge in [0, 0.05) is 0 Å². The highest BCUT2D eigenvalue weighted by atomic mass is 19.3. The number of alkyl halides is 2. The monoisotopic (exact) mass is 218 g/mol. The third-order valence-electron chi connectivity index (χ3n) is 1.36. The molecule has 0 aromatic carbocycles. The Kier molecular flexibility index (Phi) is 3.72. The summed E-state index contributed by atoms with van der Waals surface area (Å²) in [6, 6.07) is 0. The normalized spacial score (nSPS) is 11.8. The first-order chi connectivity index (χ1) is 7.13. The first-order valence-corrected chi connectivity index (χ1v) is 3.84. The summed E-state index contributed by atoms with van der Waals surface area (Å²) in [6.45, 7) is -0.752. The van der Waals surface area contributed by atoms with Crippen LogP contribution in [0.15, 0.2) is 17.5 Å². The van der Waals surface area contributed by atoms with Gasteiger partial charge in [-0.05, 0) is 0 Å². The maximum absolute atomic E-state index is 11.7. The Hall–Kier alpha value is -1.99. The van der Waals surface area contributed by atoms with Gasteiger partial charge in [0.25, 0.3) is 6.43 Å². The van der Waals surface area contributed by atoms with Gasteiger partial charge in [0.05, 0.1) is 12.4 Å². The summed E-state index contributed by atoms with van der Waals surface area (Å²) in [4.78, 5) is 7.31. The van der Waals surface area contributed by atoms with Gasteiger partial charge in [-0.25, -0.2) is 18.7 Å². The summed E-state index contributed by atoms with van der Waals surface area (Å²) in [5.74, 6) is -0.271. The Bertz CT molecular complexity index is 341. The first kappa shape index (κ1) is 11.1. The van der Waals surface area contributed by atoms with Crippen LogP contribution in [0.4, 0.5) is 8.78 Å². The topological polar surface area (TPSA) is 93.6 Å². The number of nitrogens with two attached hydrogens (primary N) is 1. The molecule has 1 aromatic rings. The lowest BCUT2D eigenvalue weighted by molar-refractivity contribution is 0.0794. The number of halogens is 2. The first-order valence-electron chi connectivity index (χ1n) is 3.84. The number of amidine groups is 1. The molecule has 0 aliphatic heterocycles. The second-order valence-corrected chi connectivity index (χ2v) is 2.43. The molecule has 0 saturated heterocycles. The number of ether oxygens (including phenoxy) is 1. The van der Waals surface area contributed by atoms with Gasteiger partial charge >= 0.3 is 0 Å². The van der Waals surface area contributed by atoms with Crippen LogP contribution in [0.1, 0.15) is 5.69 Å². The molecule has 0 bridgehead atoms. The van der Waals surface area contributed by atoms with Crippen molar-refractivity contribution in [2.45, 2.75) is 6.43 Å². The minimum absolute atomic E-state index is 0.0511. The van der Waals surface area contributed by atoms with E-state index in [2.05, 4.69) is 19.9 Å². The molecule has 15 heavy (non-hydrogen) atoms. The van der Waals surface area contributed by atoms with Gasteiger partial charge in [0.15, 0.2) is 12.4 Å². The summed E-state index contributed by atoms with van der Waals surface area (Å²) in [5, 5.41) is 11.0. The second-order valence-electron chi connectivity index (χ2n) is 2.43. The van der Waals surface area contributed by atoms with E-state index < -0.39 is 13.0 Å². The number of rotatable bonds is 4. The lowest BCUT2D eigenvalue weighted by Crippen LogP contribution is -2.15. The number of hydrogen-bond acceptors (Lipinski definition) is 5. The van der Waals surface area contributed by atoms with Crippen LogP contribution in [0.25, 0.3) is 0 Å². The van der Waals surface area contributed by atoms with Crippen molar-refractivity contribution in [3.05, 3.63) is 18.1 Å². The van der Waals surface area contributed by atoms with Crippen LogP contribution in [0, 0.1) is 0 Å². The van der Waals surface area contributed by atoms with E-state index in [1.165, 1.54) is 0 Å². The fourth-order valence-corrected chi connectivity index (χ4v) is 0.723. The van der Waals surface area contributed by atoms with E-state index in [4.69, 9.17) is 10.9 Å². The minimum Gasteiger partial charge on any atom is -0.470 e. The van der Waals surface area contributed by atoms with Gasteiger partial charge in [0.1, 0.15) is 5.69 Å². The summed E-state index contributed by atoms with van der Waals surface area (Å²) in [7, 11) is 0. The molecule has 6 nitrogen and oxygen atoms in total. The van der Waals surface area contributed by atoms with Crippen molar-refractivity contribution in [1.82, 2.24) is 9.97 Å². The molecule has 0 aliphatic rings. The highest BCUT2D eigenvalue weighted by molar-refractivity contribution is 5.94. The quantitative estimate of drug-likeness (QED) is 0.326. The largest absolute Gasteiger partial charge is 0.470 e. The van der Waals surface area contributed by atoms with Crippen LogP contribution in [-0.4, -0.2) is 34.0 Å². The number of hydrogen-bond donors (Lipinski definition) is 2. The molecule has 3 N–H and O–H groups in total. The summed E-state index contributed by atoms with van der Waals surface area (Å²) < 4.78 is 28.0. The van der Waals surface area contributed by atoms with Gasteiger partial charge in [-0.3, -0.25) is 0 Å². The van der Waals surface area contributed by atoms with Gasteiger partial charge in [-0.2, -0.15) is 0 Å². The number of aromatic nitrogens is 2. The zero-order valence-corrected chi connectivity index (χ0v) is 7.47. The molecule has 8 heteroatoms. The Labute approximate surface area is 83.4 Å². The van der Waals surface area contributed by atoms with E-state index in [9.17, 15) is 8.78 Å². The summed E-state index contributed by atoms with van der Waals surface area (Å²) in [6.07, 6.45) is -0.318. The SMILES string of the molecule is N/C(=N\O)c1cnc(OCC(F)F)cn1. The zero-order chi connectivity index (χ0) is 11.3. The summed E-state index contributed by atoms with van der Waals surface area (Å²) >= 11 is 0. The van der Waals surface area contributed by atoms with Crippen molar-refractivity contribution < 1.29 is 18.7 Å². The molecule has 1 heterocycles. The van der Waals surface area contributed by atoms with Crippen molar-refractivity contribution in [2.75, 3.05) is 6.61 Å². The minimum atomic E-state index is -2.57. The number of nitrogens with zero attached hydrogens (tertiary/aromatic N) is 3. The van der Waals surface area contributed by atoms with Gasteiger partial charge in [-0.15, -0.1) is 0 Å². The van der Waals surface area contributed by atoms with E-state index in [1.54, 1.807) is 0 Å². The highest BCUT2D eigenvalue weighted by Gasteiger charge is 2.06. The van der Waals surface area contributed by atoms with Crippen LogP contribution in [0.5, 0.6) is 5.88 Å². The molecule has 0 aliphatic carbocycles. The van der Waals surface area contributed by atoms with E-state index in [0.717, 1.165) is 12.4 Å². The van der Waals surface area contributed by atoms with E-state index in [-0.39, 0.29) is 17.4 Å². The molecule has 0 unspecified atom stereocenters. The molecule has 1 rings (SSSR count). The Balaban J connectivity index is 2.64. The Morgan fingerprint density at radius 1 is 1.53 bits per heavy atom. The molecule has 82 valence electrons. The fraction of sp³-hybridized carbons (Fsp3) is 0.286. The van der Waals surface area contributed by atoms with Crippen molar-refractivity contribution in [1.29, 1.82) is 0 Å². The average molecular weight is 218 g/mol. The lowest BCUT2D eigenvalue weighted by Gasteiger charge is -2.03. The second kappa shape index (κ2) is 5.03. The molecule has 0 saturated carbocycles. The molecule has 0 spiro atoms. The predicted molar refractivity (Wildman–Crippen MR) is 46.0 cm³/mol. The molecular weight excluding hydrogens is 210 g/mol. The molecule has 0 atom stereocenters. The predicted octanol–water partition coefficient (Wildman–Crippen LogP) is 0.215. The molecule has 0 amide bonds. The van der Waals surface area contributed by atoms with Crippen molar-refractivity contribution in [2.24, 2.45) is 10.9 Å². The van der Waals surface area contributed by atoms with Crippen molar-refractivity contribution >= 4 is 5.84 Å². The molecule has 0 radical (unpaired) electrons. The average Bonchev–Trinajstić information content (AvgIpc) is 2.26. The maximum Gasteiger partial charge on any atom is 0.272 e. The third-order valence-corrected chi connectivity index (χ3v) is 1.36. The van der Waals surface area contributed by atoms with Crippen LogP contribution >= 0.6 is 0 Å². The van der Waals surface area contributed by atoms with E-state index in [0.29, 0.717) is 0 Å². The van der Waals surface area contributed by atoms with Crippen LogP contribution in [0.2, 0.25) is 0 Å². The van der Waals surface area contributed by atoms with Crippen LogP contribution in [0.3, 0.4) is 0 Å². The third kappa shape index (κ3) is 3.33. The Morgan fingerprint density at radius 2 is 2.27 bits per heavy atom. The van der Waals surface area contributed by atoms with Gasteiger partial charge in [-0.1, -0.05) is 5.16 Å². The van der Waals surface area contributed by atoms with Crippen LogP contribution < -0.4 is 10.5 Å².